The fourth-order valence-corrected chi connectivity index (χ4v) is 3.86. The number of hydrogen-bond acceptors (Lipinski definition) is 4. The second-order valence-electron chi connectivity index (χ2n) is 5.56. The van der Waals surface area contributed by atoms with Crippen LogP contribution in [-0.2, 0) is 11.0 Å². The van der Waals surface area contributed by atoms with Gasteiger partial charge >= 0.3 is 6.18 Å². The molecule has 3 rings (SSSR count). The number of anilines is 1. The first-order valence-electron chi connectivity index (χ1n) is 7.29. The van der Waals surface area contributed by atoms with E-state index in [2.05, 4.69) is 6.07 Å². The van der Waals surface area contributed by atoms with E-state index in [1.807, 2.05) is 0 Å². The Morgan fingerprint density at radius 2 is 2.21 bits per heavy atom. The van der Waals surface area contributed by atoms with E-state index in [9.17, 15) is 18.0 Å². The molecule has 1 fully saturated rings. The van der Waals surface area contributed by atoms with Crippen molar-refractivity contribution >= 4 is 29.4 Å². The number of alkyl halides is 3. The summed E-state index contributed by atoms with van der Waals surface area (Å²) in [6.07, 6.45) is -1.03. The SMILES string of the molecule is N#C[C@@H]1CSCN1C(=O)CN1CC=Cc2cc(C(F)(F)F)ccc21. The van der Waals surface area contributed by atoms with Crippen LogP contribution in [0.25, 0.3) is 6.08 Å². The van der Waals surface area contributed by atoms with Gasteiger partial charge in [-0.15, -0.1) is 11.8 Å². The highest BCUT2D eigenvalue weighted by Gasteiger charge is 2.33. The lowest BCUT2D eigenvalue weighted by molar-refractivity contribution is -0.137. The third kappa shape index (κ3) is 3.22. The van der Waals surface area contributed by atoms with Crippen molar-refractivity contribution in [3.63, 3.8) is 0 Å². The van der Waals surface area contributed by atoms with Gasteiger partial charge in [0.25, 0.3) is 0 Å². The fourth-order valence-electron chi connectivity index (χ4n) is 2.76. The van der Waals surface area contributed by atoms with E-state index >= 15 is 0 Å². The minimum atomic E-state index is -4.40. The van der Waals surface area contributed by atoms with Gasteiger partial charge in [0.2, 0.25) is 5.91 Å². The molecule has 0 N–H and O–H groups in total. The van der Waals surface area contributed by atoms with Crippen LogP contribution in [0.4, 0.5) is 18.9 Å². The molecule has 1 aromatic rings. The van der Waals surface area contributed by atoms with Crippen LogP contribution in [0.15, 0.2) is 24.3 Å². The summed E-state index contributed by atoms with van der Waals surface area (Å²) < 4.78 is 38.5. The highest BCUT2D eigenvalue weighted by molar-refractivity contribution is 7.99. The van der Waals surface area contributed by atoms with Crippen molar-refractivity contribution in [2.45, 2.75) is 12.2 Å². The van der Waals surface area contributed by atoms with E-state index in [1.165, 1.54) is 22.7 Å². The van der Waals surface area contributed by atoms with Crippen LogP contribution >= 0.6 is 11.8 Å². The standard InChI is InChI=1S/C16H14F3N3OS/c17-16(18,19)12-3-4-14-11(6-12)2-1-5-21(14)8-15(23)22-10-24-9-13(22)7-20/h1-4,6,13H,5,8-10H2/t13-/m1/s1. The van der Waals surface area contributed by atoms with Crippen molar-refractivity contribution < 1.29 is 18.0 Å². The number of nitrogens with zero attached hydrogens (tertiary/aromatic N) is 3. The molecule has 24 heavy (non-hydrogen) atoms. The molecule has 0 spiro atoms. The Morgan fingerprint density at radius 3 is 2.92 bits per heavy atom. The van der Waals surface area contributed by atoms with E-state index in [-0.39, 0.29) is 12.5 Å². The lowest BCUT2D eigenvalue weighted by Gasteiger charge is -2.30. The van der Waals surface area contributed by atoms with Gasteiger partial charge in [-0.05, 0) is 23.8 Å². The maximum atomic E-state index is 12.8. The summed E-state index contributed by atoms with van der Waals surface area (Å²) >= 11 is 1.52. The molecular formula is C16H14F3N3OS. The van der Waals surface area contributed by atoms with Gasteiger partial charge in [-0.2, -0.15) is 18.4 Å². The lowest BCUT2D eigenvalue weighted by atomic mass is 10.0. The van der Waals surface area contributed by atoms with Gasteiger partial charge in [0.05, 0.1) is 24.1 Å². The van der Waals surface area contributed by atoms with Crippen LogP contribution in [0.5, 0.6) is 0 Å². The molecular weight excluding hydrogens is 339 g/mol. The number of halogens is 3. The molecule has 0 radical (unpaired) electrons. The maximum absolute atomic E-state index is 12.8. The first-order chi connectivity index (χ1) is 11.4. The Morgan fingerprint density at radius 1 is 1.42 bits per heavy atom. The predicted octanol–water partition coefficient (Wildman–Crippen LogP) is 2.96. The Balaban J connectivity index is 1.79. The van der Waals surface area contributed by atoms with Crippen molar-refractivity contribution in [2.75, 3.05) is 29.6 Å². The van der Waals surface area contributed by atoms with Crippen molar-refractivity contribution in [1.82, 2.24) is 4.90 Å². The van der Waals surface area contributed by atoms with E-state index in [4.69, 9.17) is 5.26 Å². The lowest BCUT2D eigenvalue weighted by Crippen LogP contribution is -2.43. The topological polar surface area (TPSA) is 47.3 Å². The number of amides is 1. The molecule has 1 saturated heterocycles. The summed E-state index contributed by atoms with van der Waals surface area (Å²) in [4.78, 5) is 15.7. The van der Waals surface area contributed by atoms with Crippen LogP contribution < -0.4 is 4.90 Å². The number of nitriles is 1. The molecule has 2 heterocycles. The van der Waals surface area contributed by atoms with E-state index in [1.54, 1.807) is 17.1 Å². The highest BCUT2D eigenvalue weighted by Crippen LogP contribution is 2.34. The molecule has 126 valence electrons. The molecule has 0 aromatic heterocycles. The Hall–Kier alpha value is -2.14. The zero-order valence-corrected chi connectivity index (χ0v) is 13.4. The molecule has 8 heteroatoms. The van der Waals surface area contributed by atoms with Gasteiger partial charge in [0.1, 0.15) is 6.04 Å². The summed E-state index contributed by atoms with van der Waals surface area (Å²) in [5.74, 6) is 0.876. The molecule has 0 aliphatic carbocycles. The van der Waals surface area contributed by atoms with Crippen molar-refractivity contribution in [1.29, 1.82) is 5.26 Å². The van der Waals surface area contributed by atoms with Crippen molar-refractivity contribution in [2.24, 2.45) is 0 Å². The monoisotopic (exact) mass is 353 g/mol. The Labute approximate surface area is 141 Å². The summed E-state index contributed by atoms with van der Waals surface area (Å²) in [6.45, 7) is 0.490. The zero-order valence-electron chi connectivity index (χ0n) is 12.6. The maximum Gasteiger partial charge on any atom is 0.416 e. The van der Waals surface area contributed by atoms with Crippen LogP contribution in [0.3, 0.4) is 0 Å². The van der Waals surface area contributed by atoms with Crippen molar-refractivity contribution in [3.05, 3.63) is 35.4 Å². The predicted molar refractivity (Wildman–Crippen MR) is 86.3 cm³/mol. The van der Waals surface area contributed by atoms with Gasteiger partial charge in [-0.3, -0.25) is 4.79 Å². The summed E-state index contributed by atoms with van der Waals surface area (Å²) in [5, 5.41) is 9.07. The molecule has 1 amide bonds. The molecule has 0 saturated carbocycles. The Bertz CT molecular complexity index is 726. The van der Waals surface area contributed by atoms with Gasteiger partial charge in [0, 0.05) is 18.0 Å². The minimum Gasteiger partial charge on any atom is -0.358 e. The van der Waals surface area contributed by atoms with Crippen LogP contribution in [0.1, 0.15) is 11.1 Å². The van der Waals surface area contributed by atoms with Gasteiger partial charge in [-0.25, -0.2) is 0 Å². The molecule has 2 aliphatic rings. The number of fused-ring (bicyclic) bond motifs is 1. The van der Waals surface area contributed by atoms with Gasteiger partial charge in [0.15, 0.2) is 0 Å². The third-order valence-corrected chi connectivity index (χ3v) is 5.01. The highest BCUT2D eigenvalue weighted by atomic mass is 32.2. The molecule has 4 nitrogen and oxygen atoms in total. The smallest absolute Gasteiger partial charge is 0.358 e. The normalized spacial score (nSPS) is 20.0. The average molecular weight is 353 g/mol. The first kappa shape index (κ1) is 16.7. The third-order valence-electron chi connectivity index (χ3n) is 4.00. The second-order valence-corrected chi connectivity index (χ2v) is 6.56. The van der Waals surface area contributed by atoms with Crippen LogP contribution in [0, 0.1) is 11.3 Å². The summed E-state index contributed by atoms with van der Waals surface area (Å²) in [6, 6.07) is 5.18. The summed E-state index contributed by atoms with van der Waals surface area (Å²) in [7, 11) is 0. The average Bonchev–Trinajstić information content (AvgIpc) is 3.02. The first-order valence-corrected chi connectivity index (χ1v) is 8.45. The number of rotatable bonds is 2. The number of thioether (sulfide) groups is 1. The number of carbonyl (C=O) groups excluding carboxylic acids is 1. The molecule has 0 unspecified atom stereocenters. The second kappa shape index (κ2) is 6.40. The quantitative estimate of drug-likeness (QED) is 0.820. The summed E-state index contributed by atoms with van der Waals surface area (Å²) in [5.41, 5.74) is 0.329. The van der Waals surface area contributed by atoms with Crippen LogP contribution in [0.2, 0.25) is 0 Å². The number of carbonyl (C=O) groups is 1. The molecule has 1 atom stereocenters. The minimum absolute atomic E-state index is 0.0431. The van der Waals surface area contributed by atoms with Crippen molar-refractivity contribution in [3.8, 4) is 6.07 Å². The van der Waals surface area contributed by atoms with Gasteiger partial charge in [-0.1, -0.05) is 12.2 Å². The van der Waals surface area contributed by atoms with E-state index < -0.39 is 17.8 Å². The van der Waals surface area contributed by atoms with E-state index in [0.29, 0.717) is 29.4 Å². The van der Waals surface area contributed by atoms with Gasteiger partial charge < -0.3 is 9.80 Å². The van der Waals surface area contributed by atoms with E-state index in [0.717, 1.165) is 12.1 Å². The Kier molecular flexibility index (Phi) is 4.45. The van der Waals surface area contributed by atoms with Crippen LogP contribution in [-0.4, -0.2) is 41.6 Å². The largest absolute Gasteiger partial charge is 0.416 e. The molecule has 0 bridgehead atoms. The molecule has 2 aliphatic heterocycles. The number of benzene rings is 1. The number of hydrogen-bond donors (Lipinski definition) is 0. The fraction of sp³-hybridized carbons (Fsp3) is 0.375. The molecule has 1 aromatic carbocycles. The zero-order chi connectivity index (χ0) is 17.3.